The van der Waals surface area contributed by atoms with E-state index in [-0.39, 0.29) is 22.5 Å². The van der Waals surface area contributed by atoms with Crippen molar-refractivity contribution in [2.24, 2.45) is 0 Å². The number of fused-ring (bicyclic) bond motifs is 1. The van der Waals surface area contributed by atoms with Crippen molar-refractivity contribution in [3.63, 3.8) is 0 Å². The molecule has 1 amide bonds. The van der Waals surface area contributed by atoms with Gasteiger partial charge in [-0.1, -0.05) is 36.4 Å². The van der Waals surface area contributed by atoms with Crippen molar-refractivity contribution in [2.75, 3.05) is 14.1 Å². The van der Waals surface area contributed by atoms with Crippen LogP contribution in [0.2, 0.25) is 0 Å². The third kappa shape index (κ3) is 3.53. The first-order valence-electron chi connectivity index (χ1n) is 8.85. The molecule has 0 saturated heterocycles. The molecule has 1 atom stereocenters. The van der Waals surface area contributed by atoms with Crippen molar-refractivity contribution in [3.8, 4) is 11.3 Å². The highest BCUT2D eigenvalue weighted by atomic mass is 16.5. The Kier molecular flexibility index (Phi) is 5.31. The molecule has 6 nitrogen and oxygen atoms in total. The Hall–Kier alpha value is -3.41. The van der Waals surface area contributed by atoms with E-state index < -0.39 is 12.1 Å². The molecule has 0 N–H and O–H groups in total. The van der Waals surface area contributed by atoms with Crippen LogP contribution >= 0.6 is 0 Å². The lowest BCUT2D eigenvalue weighted by molar-refractivity contribution is -0.137. The van der Waals surface area contributed by atoms with Crippen LogP contribution < -0.4 is 5.43 Å². The molecule has 2 aromatic carbocycles. The van der Waals surface area contributed by atoms with Gasteiger partial charge in [-0.05, 0) is 26.0 Å². The monoisotopic (exact) mass is 379 g/mol. The molecule has 0 saturated carbocycles. The predicted molar refractivity (Wildman–Crippen MR) is 106 cm³/mol. The van der Waals surface area contributed by atoms with Crippen molar-refractivity contribution in [3.05, 3.63) is 69.9 Å². The molecule has 0 aliphatic carbocycles. The number of ether oxygens (including phenoxy) is 1. The maximum Gasteiger partial charge on any atom is 0.342 e. The van der Waals surface area contributed by atoms with Crippen molar-refractivity contribution >= 4 is 22.8 Å². The molecule has 0 aliphatic heterocycles. The zero-order valence-electron chi connectivity index (χ0n) is 16.2. The summed E-state index contributed by atoms with van der Waals surface area (Å²) in [5, 5.41) is 0.290. The minimum absolute atomic E-state index is 0.102. The average molecular weight is 379 g/mol. The Bertz CT molecular complexity index is 1100. The first-order valence-corrected chi connectivity index (χ1v) is 8.85. The average Bonchev–Trinajstić information content (AvgIpc) is 2.70. The molecule has 1 heterocycles. The number of para-hydroxylation sites is 1. The Morgan fingerprint density at radius 1 is 1.04 bits per heavy atom. The summed E-state index contributed by atoms with van der Waals surface area (Å²) in [6.07, 6.45) is -0.955. The molecule has 0 bridgehead atoms. The summed E-state index contributed by atoms with van der Waals surface area (Å²) in [5.74, 6) is -0.661. The fraction of sp³-hybridized carbons (Fsp3) is 0.227. The smallest absolute Gasteiger partial charge is 0.342 e. The summed E-state index contributed by atoms with van der Waals surface area (Å²) in [7, 11) is 3.16. The molecule has 0 fully saturated rings. The quantitative estimate of drug-likeness (QED) is 0.650. The largest absolute Gasteiger partial charge is 0.455 e. The number of rotatable bonds is 4. The summed E-state index contributed by atoms with van der Waals surface area (Å²) in [6, 6.07) is 13.9. The standard InChI is InChI=1S/C22H21NO5/c1-13-18(24)16-11-8-12-17(22(26)27-14(2)21(25)23(3)4)20(16)28-19(13)15-9-6-5-7-10-15/h5-12,14H,1-4H3/t14-/m0/s1. The van der Waals surface area contributed by atoms with Crippen LogP contribution in [0.25, 0.3) is 22.3 Å². The fourth-order valence-electron chi connectivity index (χ4n) is 2.97. The highest BCUT2D eigenvalue weighted by Gasteiger charge is 2.24. The SMILES string of the molecule is Cc1c(-c2ccccc2)oc2c(C(=O)O[C@@H](C)C(=O)N(C)C)cccc2c1=O. The van der Waals surface area contributed by atoms with E-state index in [1.807, 2.05) is 30.3 Å². The Morgan fingerprint density at radius 2 is 1.71 bits per heavy atom. The topological polar surface area (TPSA) is 76.8 Å². The second kappa shape index (κ2) is 7.68. The van der Waals surface area contributed by atoms with Gasteiger partial charge in [0, 0.05) is 25.2 Å². The van der Waals surface area contributed by atoms with Gasteiger partial charge in [-0.3, -0.25) is 9.59 Å². The minimum atomic E-state index is -0.955. The number of hydrogen-bond acceptors (Lipinski definition) is 5. The van der Waals surface area contributed by atoms with Crippen molar-refractivity contribution in [1.82, 2.24) is 4.90 Å². The Labute approximate surface area is 162 Å². The molecule has 144 valence electrons. The van der Waals surface area contributed by atoms with Crippen LogP contribution in [0.4, 0.5) is 0 Å². The number of carbonyl (C=O) groups is 2. The van der Waals surface area contributed by atoms with Crippen LogP contribution in [-0.2, 0) is 9.53 Å². The number of likely N-dealkylation sites (N-methyl/N-ethyl adjacent to an activating group) is 1. The summed E-state index contributed by atoms with van der Waals surface area (Å²) >= 11 is 0. The summed E-state index contributed by atoms with van der Waals surface area (Å²) in [4.78, 5) is 38.9. The first kappa shape index (κ1) is 19.4. The lowest BCUT2D eigenvalue weighted by atomic mass is 10.0. The van der Waals surface area contributed by atoms with E-state index in [9.17, 15) is 14.4 Å². The number of carbonyl (C=O) groups excluding carboxylic acids is 2. The maximum absolute atomic E-state index is 12.8. The fourth-order valence-corrected chi connectivity index (χ4v) is 2.97. The van der Waals surface area contributed by atoms with E-state index in [0.717, 1.165) is 5.56 Å². The van der Waals surface area contributed by atoms with Gasteiger partial charge in [0.2, 0.25) is 0 Å². The Balaban J connectivity index is 2.12. The zero-order valence-corrected chi connectivity index (χ0v) is 16.2. The first-order chi connectivity index (χ1) is 13.3. The second-order valence-electron chi connectivity index (χ2n) is 6.71. The van der Waals surface area contributed by atoms with Crippen LogP contribution in [0.15, 0.2) is 57.7 Å². The predicted octanol–water partition coefficient (Wildman–Crippen LogP) is 3.40. The molecular formula is C22H21NO5. The van der Waals surface area contributed by atoms with Crippen LogP contribution in [0.3, 0.4) is 0 Å². The lowest BCUT2D eigenvalue weighted by Crippen LogP contribution is -2.35. The Morgan fingerprint density at radius 3 is 2.36 bits per heavy atom. The third-order valence-corrected chi connectivity index (χ3v) is 4.47. The molecule has 3 aromatic rings. The van der Waals surface area contributed by atoms with E-state index in [2.05, 4.69) is 0 Å². The van der Waals surface area contributed by atoms with E-state index >= 15 is 0 Å². The van der Waals surface area contributed by atoms with E-state index in [0.29, 0.717) is 16.7 Å². The number of nitrogens with zero attached hydrogens (tertiary/aromatic N) is 1. The second-order valence-corrected chi connectivity index (χ2v) is 6.71. The molecule has 0 radical (unpaired) electrons. The van der Waals surface area contributed by atoms with Crippen molar-refractivity contribution < 1.29 is 18.7 Å². The molecule has 1 aromatic heterocycles. The molecular weight excluding hydrogens is 358 g/mol. The van der Waals surface area contributed by atoms with E-state index in [1.54, 1.807) is 33.2 Å². The van der Waals surface area contributed by atoms with Crippen LogP contribution in [0.1, 0.15) is 22.8 Å². The van der Waals surface area contributed by atoms with E-state index in [1.165, 1.54) is 17.9 Å². The van der Waals surface area contributed by atoms with Gasteiger partial charge in [0.1, 0.15) is 11.3 Å². The van der Waals surface area contributed by atoms with Crippen LogP contribution in [0.5, 0.6) is 0 Å². The molecule has 28 heavy (non-hydrogen) atoms. The summed E-state index contributed by atoms with van der Waals surface area (Å²) < 4.78 is 11.3. The minimum Gasteiger partial charge on any atom is -0.455 e. The summed E-state index contributed by atoms with van der Waals surface area (Å²) in [5.41, 5.74) is 1.22. The van der Waals surface area contributed by atoms with Gasteiger partial charge in [0.15, 0.2) is 17.1 Å². The lowest BCUT2D eigenvalue weighted by Gasteiger charge is -2.17. The highest BCUT2D eigenvalue weighted by Crippen LogP contribution is 2.27. The van der Waals surface area contributed by atoms with Gasteiger partial charge in [-0.15, -0.1) is 0 Å². The van der Waals surface area contributed by atoms with Crippen molar-refractivity contribution in [1.29, 1.82) is 0 Å². The normalized spacial score (nSPS) is 11.9. The van der Waals surface area contributed by atoms with Gasteiger partial charge in [-0.2, -0.15) is 0 Å². The summed E-state index contributed by atoms with van der Waals surface area (Å²) in [6.45, 7) is 3.19. The van der Waals surface area contributed by atoms with Crippen LogP contribution in [0, 0.1) is 6.92 Å². The molecule has 0 unspecified atom stereocenters. The van der Waals surface area contributed by atoms with Gasteiger partial charge >= 0.3 is 5.97 Å². The van der Waals surface area contributed by atoms with Gasteiger partial charge in [0.05, 0.1) is 5.39 Å². The highest BCUT2D eigenvalue weighted by molar-refractivity contribution is 6.03. The van der Waals surface area contributed by atoms with Crippen LogP contribution in [-0.4, -0.2) is 37.0 Å². The zero-order chi connectivity index (χ0) is 20.4. The van der Waals surface area contributed by atoms with Gasteiger partial charge < -0.3 is 14.1 Å². The number of hydrogen-bond donors (Lipinski definition) is 0. The molecule has 3 rings (SSSR count). The number of amides is 1. The van der Waals surface area contributed by atoms with Crippen molar-refractivity contribution in [2.45, 2.75) is 20.0 Å². The number of benzene rings is 2. The third-order valence-electron chi connectivity index (χ3n) is 4.47. The maximum atomic E-state index is 12.8. The number of esters is 1. The van der Waals surface area contributed by atoms with Gasteiger partial charge in [-0.25, -0.2) is 4.79 Å². The molecule has 0 spiro atoms. The molecule has 0 aliphatic rings. The van der Waals surface area contributed by atoms with E-state index in [4.69, 9.17) is 9.15 Å². The van der Waals surface area contributed by atoms with Gasteiger partial charge in [0.25, 0.3) is 5.91 Å². The molecule has 6 heteroatoms.